The summed E-state index contributed by atoms with van der Waals surface area (Å²) in [5.74, 6) is -0.311. The van der Waals surface area contributed by atoms with Crippen molar-refractivity contribution in [3.05, 3.63) is 36.0 Å². The molecule has 0 radical (unpaired) electrons. The Morgan fingerprint density at radius 1 is 1.12 bits per heavy atom. The molecule has 1 aromatic carbocycles. The second-order valence-electron chi connectivity index (χ2n) is 7.08. The SMILES string of the molecule is CCCCCCC(C)NC(=O)C(Cc1c[nH]c2ccccc12)NC(C)=O. The van der Waals surface area contributed by atoms with Gasteiger partial charge in [0.2, 0.25) is 11.8 Å². The summed E-state index contributed by atoms with van der Waals surface area (Å²) in [6, 6.07) is 7.53. The third-order valence-corrected chi connectivity index (χ3v) is 4.67. The second-order valence-corrected chi connectivity index (χ2v) is 7.08. The van der Waals surface area contributed by atoms with E-state index >= 15 is 0 Å². The van der Waals surface area contributed by atoms with Gasteiger partial charge in [-0.3, -0.25) is 9.59 Å². The maximum absolute atomic E-state index is 12.7. The van der Waals surface area contributed by atoms with Crippen LogP contribution in [0.15, 0.2) is 30.5 Å². The number of hydrogen-bond acceptors (Lipinski definition) is 2. The Bertz CT molecular complexity index is 723. The monoisotopic (exact) mass is 357 g/mol. The fraction of sp³-hybridized carbons (Fsp3) is 0.524. The lowest BCUT2D eigenvalue weighted by Gasteiger charge is -2.21. The normalized spacial score (nSPS) is 13.3. The lowest BCUT2D eigenvalue weighted by Crippen LogP contribution is -2.49. The van der Waals surface area contributed by atoms with Gasteiger partial charge < -0.3 is 15.6 Å². The van der Waals surface area contributed by atoms with Gasteiger partial charge in [0, 0.05) is 36.5 Å². The molecular formula is C21H31N3O2. The molecule has 3 N–H and O–H groups in total. The standard InChI is InChI=1S/C21H31N3O2/c1-4-5-6-7-10-15(2)23-21(26)20(24-16(3)25)13-17-14-22-19-12-9-8-11-18(17)19/h8-9,11-12,14-15,20,22H,4-7,10,13H2,1-3H3,(H,23,26)(H,24,25). The highest BCUT2D eigenvalue weighted by Gasteiger charge is 2.22. The largest absolute Gasteiger partial charge is 0.361 e. The highest BCUT2D eigenvalue weighted by Crippen LogP contribution is 2.19. The zero-order valence-corrected chi connectivity index (χ0v) is 16.1. The van der Waals surface area contributed by atoms with E-state index < -0.39 is 6.04 Å². The summed E-state index contributed by atoms with van der Waals surface area (Å²) in [4.78, 5) is 27.5. The third-order valence-electron chi connectivity index (χ3n) is 4.67. The van der Waals surface area contributed by atoms with Crippen molar-refractivity contribution in [2.24, 2.45) is 0 Å². The van der Waals surface area contributed by atoms with Gasteiger partial charge in [-0.2, -0.15) is 0 Å². The lowest BCUT2D eigenvalue weighted by molar-refractivity contribution is -0.128. The van der Waals surface area contributed by atoms with Gasteiger partial charge in [0.1, 0.15) is 6.04 Å². The van der Waals surface area contributed by atoms with Crippen molar-refractivity contribution in [3.8, 4) is 0 Å². The average Bonchev–Trinajstić information content (AvgIpc) is 3.01. The molecule has 0 fully saturated rings. The first kappa shape index (κ1) is 20.0. The molecule has 5 heteroatoms. The molecule has 142 valence electrons. The Kier molecular flexibility index (Phi) is 7.70. The fourth-order valence-electron chi connectivity index (χ4n) is 3.27. The Labute approximate surface area is 155 Å². The molecule has 0 saturated heterocycles. The first-order valence-corrected chi connectivity index (χ1v) is 9.63. The second kappa shape index (κ2) is 10.00. The van der Waals surface area contributed by atoms with E-state index in [1.54, 1.807) is 0 Å². The molecular weight excluding hydrogens is 326 g/mol. The van der Waals surface area contributed by atoms with Gasteiger partial charge in [0.15, 0.2) is 0 Å². The summed E-state index contributed by atoms with van der Waals surface area (Å²) in [6.45, 7) is 5.66. The number of H-pyrrole nitrogens is 1. The topological polar surface area (TPSA) is 74.0 Å². The van der Waals surface area contributed by atoms with Crippen LogP contribution in [0.2, 0.25) is 0 Å². The van der Waals surface area contributed by atoms with Crippen LogP contribution < -0.4 is 10.6 Å². The van der Waals surface area contributed by atoms with E-state index in [4.69, 9.17) is 0 Å². The van der Waals surface area contributed by atoms with Crippen LogP contribution in [-0.2, 0) is 16.0 Å². The Morgan fingerprint density at radius 3 is 2.62 bits per heavy atom. The van der Waals surface area contributed by atoms with E-state index in [0.717, 1.165) is 29.3 Å². The summed E-state index contributed by atoms with van der Waals surface area (Å²) in [6.07, 6.45) is 8.10. The molecule has 0 spiro atoms. The summed E-state index contributed by atoms with van der Waals surface area (Å²) in [5, 5.41) is 6.94. The number of carbonyl (C=O) groups is 2. The number of benzene rings is 1. The minimum atomic E-state index is -0.565. The van der Waals surface area contributed by atoms with Gasteiger partial charge in [0.05, 0.1) is 0 Å². The van der Waals surface area contributed by atoms with E-state index in [0.29, 0.717) is 6.42 Å². The van der Waals surface area contributed by atoms with Gasteiger partial charge in [0.25, 0.3) is 0 Å². The molecule has 1 heterocycles. The van der Waals surface area contributed by atoms with Crippen molar-refractivity contribution < 1.29 is 9.59 Å². The van der Waals surface area contributed by atoms with Crippen LogP contribution in [0.4, 0.5) is 0 Å². The minimum Gasteiger partial charge on any atom is -0.361 e. The zero-order valence-electron chi connectivity index (χ0n) is 16.1. The molecule has 2 aromatic rings. The fourth-order valence-corrected chi connectivity index (χ4v) is 3.27. The molecule has 1 aromatic heterocycles. The van der Waals surface area contributed by atoms with E-state index in [1.807, 2.05) is 37.4 Å². The van der Waals surface area contributed by atoms with Gasteiger partial charge in [-0.05, 0) is 25.0 Å². The highest BCUT2D eigenvalue weighted by molar-refractivity contribution is 5.89. The predicted octanol–water partition coefficient (Wildman–Crippen LogP) is 3.69. The minimum absolute atomic E-state index is 0.110. The van der Waals surface area contributed by atoms with E-state index in [1.165, 1.54) is 26.2 Å². The summed E-state index contributed by atoms with van der Waals surface area (Å²) in [5.41, 5.74) is 2.07. The number of hydrogen-bond donors (Lipinski definition) is 3. The Hall–Kier alpha value is -2.30. The van der Waals surface area contributed by atoms with Crippen LogP contribution in [0.25, 0.3) is 10.9 Å². The van der Waals surface area contributed by atoms with Crippen LogP contribution in [-0.4, -0.2) is 28.9 Å². The Balaban J connectivity index is 1.99. The molecule has 0 aliphatic carbocycles. The van der Waals surface area contributed by atoms with Gasteiger partial charge in [-0.1, -0.05) is 50.8 Å². The number of nitrogens with one attached hydrogen (secondary N) is 3. The highest BCUT2D eigenvalue weighted by atomic mass is 16.2. The van der Waals surface area contributed by atoms with E-state index in [9.17, 15) is 9.59 Å². The molecule has 5 nitrogen and oxygen atoms in total. The number of aromatic nitrogens is 1. The number of aromatic amines is 1. The van der Waals surface area contributed by atoms with E-state index in [2.05, 4.69) is 22.5 Å². The van der Waals surface area contributed by atoms with Crippen molar-refractivity contribution >= 4 is 22.7 Å². The van der Waals surface area contributed by atoms with Crippen LogP contribution in [0.5, 0.6) is 0 Å². The zero-order chi connectivity index (χ0) is 18.9. The van der Waals surface area contributed by atoms with Crippen molar-refractivity contribution in [1.29, 1.82) is 0 Å². The van der Waals surface area contributed by atoms with Crippen molar-refractivity contribution in [1.82, 2.24) is 15.6 Å². The molecule has 0 aliphatic rings. The van der Waals surface area contributed by atoms with Crippen LogP contribution in [0, 0.1) is 0 Å². The van der Waals surface area contributed by atoms with Crippen LogP contribution >= 0.6 is 0 Å². The molecule has 2 amide bonds. The molecule has 2 rings (SSSR count). The third kappa shape index (κ3) is 5.90. The number of rotatable bonds is 10. The molecule has 0 saturated carbocycles. The average molecular weight is 357 g/mol. The summed E-state index contributed by atoms with van der Waals surface area (Å²) in [7, 11) is 0. The summed E-state index contributed by atoms with van der Waals surface area (Å²) < 4.78 is 0. The molecule has 26 heavy (non-hydrogen) atoms. The Morgan fingerprint density at radius 2 is 1.88 bits per heavy atom. The lowest BCUT2D eigenvalue weighted by atomic mass is 10.0. The van der Waals surface area contributed by atoms with Crippen molar-refractivity contribution in [3.63, 3.8) is 0 Å². The first-order chi connectivity index (χ1) is 12.5. The van der Waals surface area contributed by atoms with Crippen molar-refractivity contribution in [2.45, 2.75) is 71.4 Å². The molecule has 2 unspecified atom stereocenters. The summed E-state index contributed by atoms with van der Waals surface area (Å²) >= 11 is 0. The van der Waals surface area contributed by atoms with E-state index in [-0.39, 0.29) is 17.9 Å². The molecule has 0 bridgehead atoms. The van der Waals surface area contributed by atoms with Gasteiger partial charge >= 0.3 is 0 Å². The first-order valence-electron chi connectivity index (χ1n) is 9.63. The quantitative estimate of drug-likeness (QED) is 0.567. The predicted molar refractivity (Wildman–Crippen MR) is 106 cm³/mol. The maximum atomic E-state index is 12.7. The number of amides is 2. The number of carbonyl (C=O) groups excluding carboxylic acids is 2. The number of fused-ring (bicyclic) bond motifs is 1. The maximum Gasteiger partial charge on any atom is 0.243 e. The van der Waals surface area contributed by atoms with Gasteiger partial charge in [-0.25, -0.2) is 0 Å². The number of unbranched alkanes of at least 4 members (excludes halogenated alkanes) is 3. The number of para-hydroxylation sites is 1. The van der Waals surface area contributed by atoms with Gasteiger partial charge in [-0.15, -0.1) is 0 Å². The van der Waals surface area contributed by atoms with Crippen LogP contribution in [0.3, 0.4) is 0 Å². The van der Waals surface area contributed by atoms with Crippen LogP contribution in [0.1, 0.15) is 58.4 Å². The van der Waals surface area contributed by atoms with Crippen molar-refractivity contribution in [2.75, 3.05) is 0 Å². The molecule has 2 atom stereocenters. The molecule has 0 aliphatic heterocycles. The smallest absolute Gasteiger partial charge is 0.243 e.